The Morgan fingerprint density at radius 2 is 2.16 bits per heavy atom. The molecule has 0 unspecified atom stereocenters. The zero-order valence-electron chi connectivity index (χ0n) is 11.2. The largest absolute Gasteiger partial charge is 0.462 e. The van der Waals surface area contributed by atoms with Gasteiger partial charge < -0.3 is 10.5 Å². The molecule has 0 aliphatic carbocycles. The van der Waals surface area contributed by atoms with Gasteiger partial charge in [0.1, 0.15) is 12.1 Å². The van der Waals surface area contributed by atoms with Crippen LogP contribution >= 0.6 is 0 Å². The van der Waals surface area contributed by atoms with E-state index in [1.165, 1.54) is 6.20 Å². The minimum atomic E-state index is -0.446. The lowest BCUT2D eigenvalue weighted by atomic mass is 10.2. The van der Waals surface area contributed by atoms with Gasteiger partial charge >= 0.3 is 5.97 Å². The second kappa shape index (κ2) is 5.09. The second-order valence-electron chi connectivity index (χ2n) is 4.14. The van der Waals surface area contributed by atoms with Gasteiger partial charge in [-0.25, -0.2) is 14.8 Å². The van der Waals surface area contributed by atoms with E-state index in [0.29, 0.717) is 23.7 Å². The van der Waals surface area contributed by atoms with Crippen LogP contribution < -0.4 is 5.73 Å². The molecular weight excluding hydrogens is 244 g/mol. The number of nitrogens with zero attached hydrogens (tertiary/aromatic N) is 3. The first kappa shape index (κ1) is 13.1. The topological polar surface area (TPSA) is 83.0 Å². The van der Waals surface area contributed by atoms with Crippen molar-refractivity contribution in [1.82, 2.24) is 14.5 Å². The van der Waals surface area contributed by atoms with Crippen LogP contribution in [0.1, 0.15) is 28.7 Å². The van der Waals surface area contributed by atoms with Crippen molar-refractivity contribution in [1.29, 1.82) is 0 Å². The molecule has 0 atom stereocenters. The standard InChI is InChI=1S/C13H16N4O2/c1-4-19-13(18)10-5-12(15-6-11(10)14)17-7-16-8(2)9(17)3/h5-7H,4,14H2,1-3H3. The molecule has 0 saturated carbocycles. The fourth-order valence-corrected chi connectivity index (χ4v) is 1.70. The molecule has 0 aliphatic heterocycles. The number of anilines is 1. The predicted octanol–water partition coefficient (Wildman–Crippen LogP) is 1.64. The van der Waals surface area contributed by atoms with Crippen molar-refractivity contribution in [3.63, 3.8) is 0 Å². The van der Waals surface area contributed by atoms with Crippen molar-refractivity contribution in [2.45, 2.75) is 20.8 Å². The lowest BCUT2D eigenvalue weighted by Gasteiger charge is -2.09. The van der Waals surface area contributed by atoms with Crippen molar-refractivity contribution < 1.29 is 9.53 Å². The fraction of sp³-hybridized carbons (Fsp3) is 0.308. The summed E-state index contributed by atoms with van der Waals surface area (Å²) >= 11 is 0. The average Bonchev–Trinajstić information content (AvgIpc) is 2.71. The maximum absolute atomic E-state index is 11.8. The number of aryl methyl sites for hydroxylation is 1. The van der Waals surface area contributed by atoms with Crippen LogP contribution in [0.15, 0.2) is 18.6 Å². The molecule has 2 N–H and O–H groups in total. The van der Waals surface area contributed by atoms with E-state index in [0.717, 1.165) is 11.4 Å². The summed E-state index contributed by atoms with van der Waals surface area (Å²) in [5, 5.41) is 0. The highest BCUT2D eigenvalue weighted by Crippen LogP contribution is 2.18. The van der Waals surface area contributed by atoms with Crippen LogP contribution in [0.4, 0.5) is 5.69 Å². The zero-order chi connectivity index (χ0) is 14.0. The molecule has 2 aromatic rings. The highest BCUT2D eigenvalue weighted by molar-refractivity contribution is 5.95. The Bertz CT molecular complexity index is 619. The van der Waals surface area contributed by atoms with Crippen molar-refractivity contribution >= 4 is 11.7 Å². The molecule has 100 valence electrons. The van der Waals surface area contributed by atoms with E-state index < -0.39 is 5.97 Å². The summed E-state index contributed by atoms with van der Waals surface area (Å²) in [6.07, 6.45) is 3.12. The van der Waals surface area contributed by atoms with Crippen LogP contribution in [0.5, 0.6) is 0 Å². The van der Waals surface area contributed by atoms with Gasteiger partial charge in [0.15, 0.2) is 0 Å². The lowest BCUT2D eigenvalue weighted by Crippen LogP contribution is -2.10. The van der Waals surface area contributed by atoms with E-state index in [-0.39, 0.29) is 0 Å². The number of aromatic nitrogens is 3. The van der Waals surface area contributed by atoms with Gasteiger partial charge in [0, 0.05) is 5.69 Å². The molecule has 2 rings (SSSR count). The quantitative estimate of drug-likeness (QED) is 0.848. The molecular formula is C13H16N4O2. The number of carbonyl (C=O) groups is 1. The zero-order valence-corrected chi connectivity index (χ0v) is 11.2. The number of hydrogen-bond acceptors (Lipinski definition) is 5. The first-order valence-electron chi connectivity index (χ1n) is 5.98. The summed E-state index contributed by atoms with van der Waals surface area (Å²) in [7, 11) is 0. The molecule has 0 radical (unpaired) electrons. The van der Waals surface area contributed by atoms with Gasteiger partial charge in [-0.15, -0.1) is 0 Å². The van der Waals surface area contributed by atoms with Crippen LogP contribution in [-0.4, -0.2) is 27.1 Å². The van der Waals surface area contributed by atoms with Gasteiger partial charge in [-0.2, -0.15) is 0 Å². The number of pyridine rings is 1. The molecule has 0 bridgehead atoms. The number of nitrogen functional groups attached to an aromatic ring is 1. The Balaban J connectivity index is 2.47. The number of nitrogens with two attached hydrogens (primary N) is 1. The van der Waals surface area contributed by atoms with Gasteiger partial charge in [-0.1, -0.05) is 0 Å². The van der Waals surface area contributed by atoms with Crippen LogP contribution in [0.3, 0.4) is 0 Å². The van der Waals surface area contributed by atoms with Crippen LogP contribution in [-0.2, 0) is 4.74 Å². The molecule has 0 aromatic carbocycles. The Kier molecular flexibility index (Phi) is 3.50. The summed E-state index contributed by atoms with van der Waals surface area (Å²) in [4.78, 5) is 20.2. The molecule has 0 spiro atoms. The van der Waals surface area contributed by atoms with E-state index in [4.69, 9.17) is 10.5 Å². The molecule has 0 amide bonds. The summed E-state index contributed by atoms with van der Waals surface area (Å²) in [6, 6.07) is 1.61. The third-order valence-corrected chi connectivity index (χ3v) is 2.91. The smallest absolute Gasteiger partial charge is 0.340 e. The average molecular weight is 260 g/mol. The van der Waals surface area contributed by atoms with E-state index in [1.807, 2.05) is 13.8 Å². The van der Waals surface area contributed by atoms with E-state index in [2.05, 4.69) is 9.97 Å². The minimum absolute atomic E-state index is 0.302. The molecule has 0 aliphatic rings. The van der Waals surface area contributed by atoms with Gasteiger partial charge in [-0.05, 0) is 26.8 Å². The number of hydrogen-bond donors (Lipinski definition) is 1. The Morgan fingerprint density at radius 1 is 1.42 bits per heavy atom. The van der Waals surface area contributed by atoms with Crippen molar-refractivity contribution in [2.75, 3.05) is 12.3 Å². The monoisotopic (exact) mass is 260 g/mol. The first-order valence-corrected chi connectivity index (χ1v) is 5.98. The molecule has 0 fully saturated rings. The molecule has 6 heteroatoms. The van der Waals surface area contributed by atoms with Crippen molar-refractivity contribution in [2.24, 2.45) is 0 Å². The first-order chi connectivity index (χ1) is 9.04. The molecule has 2 heterocycles. The number of esters is 1. The summed E-state index contributed by atoms with van der Waals surface area (Å²) in [5.41, 5.74) is 8.25. The van der Waals surface area contributed by atoms with Gasteiger partial charge in [0.05, 0.1) is 29.7 Å². The number of imidazole rings is 1. The summed E-state index contributed by atoms with van der Waals surface area (Å²) < 4.78 is 6.77. The number of ether oxygens (including phenoxy) is 1. The van der Waals surface area contributed by atoms with Gasteiger partial charge in [-0.3, -0.25) is 4.57 Å². The predicted molar refractivity (Wildman–Crippen MR) is 71.2 cm³/mol. The van der Waals surface area contributed by atoms with Gasteiger partial charge in [0.25, 0.3) is 0 Å². The Morgan fingerprint density at radius 3 is 2.74 bits per heavy atom. The maximum atomic E-state index is 11.8. The Hall–Kier alpha value is -2.37. The number of carbonyl (C=O) groups excluding carboxylic acids is 1. The highest BCUT2D eigenvalue weighted by Gasteiger charge is 2.14. The molecule has 6 nitrogen and oxygen atoms in total. The van der Waals surface area contributed by atoms with Gasteiger partial charge in [0.2, 0.25) is 0 Å². The van der Waals surface area contributed by atoms with Crippen LogP contribution in [0, 0.1) is 13.8 Å². The van der Waals surface area contributed by atoms with Crippen molar-refractivity contribution in [3.8, 4) is 5.82 Å². The minimum Gasteiger partial charge on any atom is -0.462 e. The third-order valence-electron chi connectivity index (χ3n) is 2.91. The Labute approximate surface area is 111 Å². The normalized spacial score (nSPS) is 10.5. The van der Waals surface area contributed by atoms with Crippen LogP contribution in [0.25, 0.3) is 5.82 Å². The third kappa shape index (κ3) is 2.42. The summed E-state index contributed by atoms with van der Waals surface area (Å²) in [6.45, 7) is 5.90. The van der Waals surface area contributed by atoms with E-state index >= 15 is 0 Å². The van der Waals surface area contributed by atoms with E-state index in [9.17, 15) is 4.79 Å². The maximum Gasteiger partial charge on any atom is 0.340 e. The summed E-state index contributed by atoms with van der Waals surface area (Å²) in [5.74, 6) is 0.147. The highest BCUT2D eigenvalue weighted by atomic mass is 16.5. The van der Waals surface area contributed by atoms with Crippen LogP contribution in [0.2, 0.25) is 0 Å². The molecule has 19 heavy (non-hydrogen) atoms. The fourth-order valence-electron chi connectivity index (χ4n) is 1.70. The molecule has 0 saturated heterocycles. The SMILES string of the molecule is CCOC(=O)c1cc(-n2cnc(C)c2C)ncc1N. The lowest BCUT2D eigenvalue weighted by molar-refractivity contribution is 0.0527. The molecule has 2 aromatic heterocycles. The van der Waals surface area contributed by atoms with E-state index in [1.54, 1.807) is 23.9 Å². The number of rotatable bonds is 3. The van der Waals surface area contributed by atoms with Crippen molar-refractivity contribution in [3.05, 3.63) is 35.5 Å². The second-order valence-corrected chi connectivity index (χ2v) is 4.14.